The number of hydrogen-bond acceptors (Lipinski definition) is 7. The zero-order chi connectivity index (χ0) is 30.2. The van der Waals surface area contributed by atoms with Crippen molar-refractivity contribution in [2.75, 3.05) is 39.4 Å². The standard InChI is InChI=1S/C34H46N2O6/c1-6-10-11-19-41-28-16-13-24(22-29(28)40-9-4)31-30(32(37)25-14-15-27-26(21-25)20-23(5)42-27)33(38)34(39)36(31)18-12-17-35(7-2)8-3/h13-16,21-23,31,37H,6-12,17-20H2,1-5H3/b32-30+/t23-,31-/m0/s1. The molecule has 0 aromatic heterocycles. The number of ketones is 1. The Balaban J connectivity index is 1.74. The number of carbonyl (C=O) groups is 2. The summed E-state index contributed by atoms with van der Waals surface area (Å²) in [5, 5.41) is 11.6. The maximum atomic E-state index is 13.6. The summed E-state index contributed by atoms with van der Waals surface area (Å²) in [5.41, 5.74) is 2.26. The Bertz CT molecular complexity index is 1280. The lowest BCUT2D eigenvalue weighted by molar-refractivity contribution is -0.140. The predicted octanol–water partition coefficient (Wildman–Crippen LogP) is 6.13. The molecule has 0 radical (unpaired) electrons. The molecule has 2 heterocycles. The number of aliphatic hydroxyl groups excluding tert-OH is 1. The van der Waals surface area contributed by atoms with Crippen molar-refractivity contribution in [3.8, 4) is 17.2 Å². The highest BCUT2D eigenvalue weighted by atomic mass is 16.5. The van der Waals surface area contributed by atoms with E-state index in [1.807, 2.05) is 44.2 Å². The first-order valence-electron chi connectivity index (χ1n) is 15.5. The van der Waals surface area contributed by atoms with E-state index in [2.05, 4.69) is 25.7 Å². The minimum atomic E-state index is -0.751. The molecular weight excluding hydrogens is 532 g/mol. The Morgan fingerprint density at radius 1 is 1.00 bits per heavy atom. The summed E-state index contributed by atoms with van der Waals surface area (Å²) in [6.45, 7) is 14.3. The largest absolute Gasteiger partial charge is 0.507 e. The van der Waals surface area contributed by atoms with Crippen molar-refractivity contribution in [3.05, 3.63) is 58.7 Å². The predicted molar refractivity (Wildman–Crippen MR) is 164 cm³/mol. The zero-order valence-electron chi connectivity index (χ0n) is 25.8. The average Bonchev–Trinajstić information content (AvgIpc) is 3.48. The van der Waals surface area contributed by atoms with Crippen LogP contribution in [0.2, 0.25) is 0 Å². The first-order valence-corrected chi connectivity index (χ1v) is 15.5. The lowest BCUT2D eigenvalue weighted by Crippen LogP contribution is -2.33. The molecule has 2 aliphatic rings. The third-order valence-corrected chi connectivity index (χ3v) is 8.07. The van der Waals surface area contributed by atoms with Crippen LogP contribution in [0.1, 0.15) is 83.0 Å². The SMILES string of the molecule is CCCCCOc1ccc([C@H]2/C(=C(\O)c3ccc4c(c3)C[C@H](C)O4)C(=O)C(=O)N2CCCN(CC)CC)cc1OCC. The van der Waals surface area contributed by atoms with Crippen LogP contribution in [0.4, 0.5) is 0 Å². The van der Waals surface area contributed by atoms with Gasteiger partial charge in [-0.1, -0.05) is 39.7 Å². The van der Waals surface area contributed by atoms with Gasteiger partial charge in [0.05, 0.1) is 24.8 Å². The highest BCUT2D eigenvalue weighted by Gasteiger charge is 2.46. The molecule has 8 heteroatoms. The molecule has 1 fully saturated rings. The summed E-state index contributed by atoms with van der Waals surface area (Å²) >= 11 is 0. The summed E-state index contributed by atoms with van der Waals surface area (Å²) in [7, 11) is 0. The third kappa shape index (κ3) is 6.92. The van der Waals surface area contributed by atoms with Crippen LogP contribution in [0.3, 0.4) is 0 Å². The van der Waals surface area contributed by atoms with Gasteiger partial charge in [-0.15, -0.1) is 0 Å². The topological polar surface area (TPSA) is 88.5 Å². The lowest BCUT2D eigenvalue weighted by atomic mass is 9.94. The zero-order valence-corrected chi connectivity index (χ0v) is 25.8. The smallest absolute Gasteiger partial charge is 0.295 e. The molecule has 0 spiro atoms. The minimum Gasteiger partial charge on any atom is -0.507 e. The molecule has 0 saturated carbocycles. The number of nitrogens with zero attached hydrogens (tertiary/aromatic N) is 2. The molecule has 1 N–H and O–H groups in total. The van der Waals surface area contributed by atoms with Crippen LogP contribution in [0.15, 0.2) is 42.0 Å². The summed E-state index contributed by atoms with van der Waals surface area (Å²) in [4.78, 5) is 31.0. The fourth-order valence-electron chi connectivity index (χ4n) is 5.80. The number of amides is 1. The number of likely N-dealkylation sites (tertiary alicyclic amines) is 1. The molecule has 0 bridgehead atoms. The van der Waals surface area contributed by atoms with Crippen molar-refractivity contribution in [3.63, 3.8) is 0 Å². The van der Waals surface area contributed by atoms with Crippen LogP contribution >= 0.6 is 0 Å². The monoisotopic (exact) mass is 578 g/mol. The van der Waals surface area contributed by atoms with Gasteiger partial charge >= 0.3 is 0 Å². The van der Waals surface area contributed by atoms with Crippen molar-refractivity contribution >= 4 is 17.4 Å². The summed E-state index contributed by atoms with van der Waals surface area (Å²) in [5.74, 6) is 0.514. The number of ether oxygens (including phenoxy) is 3. The molecular formula is C34H46N2O6. The van der Waals surface area contributed by atoms with Crippen molar-refractivity contribution in [2.45, 2.75) is 78.9 Å². The van der Waals surface area contributed by atoms with E-state index in [9.17, 15) is 14.7 Å². The number of Topliss-reactive ketones (excluding diaryl/α,β-unsaturated/α-hetero) is 1. The van der Waals surface area contributed by atoms with Crippen molar-refractivity contribution < 1.29 is 28.9 Å². The van der Waals surface area contributed by atoms with Crippen LogP contribution in [0.25, 0.3) is 5.76 Å². The lowest BCUT2D eigenvalue weighted by Gasteiger charge is -2.27. The van der Waals surface area contributed by atoms with Crippen molar-refractivity contribution in [1.29, 1.82) is 0 Å². The van der Waals surface area contributed by atoms with E-state index in [-0.39, 0.29) is 17.4 Å². The number of unbranched alkanes of at least 4 members (excludes halogenated alkanes) is 2. The van der Waals surface area contributed by atoms with Gasteiger partial charge in [-0.2, -0.15) is 0 Å². The molecule has 2 aromatic rings. The fourth-order valence-corrected chi connectivity index (χ4v) is 5.80. The van der Waals surface area contributed by atoms with Gasteiger partial charge in [0.2, 0.25) is 0 Å². The van der Waals surface area contributed by atoms with E-state index in [4.69, 9.17) is 14.2 Å². The number of rotatable bonds is 15. The number of aliphatic hydroxyl groups is 1. The molecule has 8 nitrogen and oxygen atoms in total. The molecule has 4 rings (SSSR count). The Kier molecular flexibility index (Phi) is 10.9. The molecule has 42 heavy (non-hydrogen) atoms. The maximum absolute atomic E-state index is 13.6. The van der Waals surface area contributed by atoms with Gasteiger partial charge < -0.3 is 29.1 Å². The number of benzene rings is 2. The summed E-state index contributed by atoms with van der Waals surface area (Å²) in [6, 6.07) is 10.2. The molecule has 2 atom stereocenters. The van der Waals surface area contributed by atoms with Crippen molar-refractivity contribution in [1.82, 2.24) is 9.80 Å². The van der Waals surface area contributed by atoms with Crippen LogP contribution in [-0.4, -0.2) is 72.1 Å². The third-order valence-electron chi connectivity index (χ3n) is 8.07. The van der Waals surface area contributed by atoms with Gasteiger partial charge in [0, 0.05) is 18.5 Å². The Hall–Kier alpha value is -3.52. The molecule has 1 amide bonds. The first-order chi connectivity index (χ1) is 20.3. The molecule has 1 saturated heterocycles. The molecule has 2 aliphatic heterocycles. The highest BCUT2D eigenvalue weighted by Crippen LogP contribution is 2.43. The second kappa shape index (κ2) is 14.6. The van der Waals surface area contributed by atoms with Gasteiger partial charge in [0.15, 0.2) is 11.5 Å². The number of hydrogen-bond donors (Lipinski definition) is 1. The van der Waals surface area contributed by atoms with Crippen LogP contribution in [0.5, 0.6) is 17.2 Å². The van der Waals surface area contributed by atoms with Crippen LogP contribution < -0.4 is 14.2 Å². The van der Waals surface area contributed by atoms with E-state index >= 15 is 0 Å². The van der Waals surface area contributed by atoms with Crippen molar-refractivity contribution in [2.24, 2.45) is 0 Å². The molecule has 0 unspecified atom stereocenters. The Morgan fingerprint density at radius 2 is 1.79 bits per heavy atom. The van der Waals surface area contributed by atoms with E-state index in [0.29, 0.717) is 48.8 Å². The summed E-state index contributed by atoms with van der Waals surface area (Å²) < 4.78 is 17.8. The summed E-state index contributed by atoms with van der Waals surface area (Å²) in [6.07, 6.45) is 4.60. The maximum Gasteiger partial charge on any atom is 0.295 e. The van der Waals surface area contributed by atoms with Gasteiger partial charge in [-0.25, -0.2) is 0 Å². The average molecular weight is 579 g/mol. The fraction of sp³-hybridized carbons (Fsp3) is 0.529. The highest BCUT2D eigenvalue weighted by molar-refractivity contribution is 6.46. The quantitative estimate of drug-likeness (QED) is 0.118. The second-order valence-corrected chi connectivity index (χ2v) is 11.0. The van der Waals surface area contributed by atoms with Gasteiger partial charge in [-0.05, 0) is 87.8 Å². The van der Waals surface area contributed by atoms with Crippen LogP contribution in [-0.2, 0) is 16.0 Å². The van der Waals surface area contributed by atoms with E-state index in [1.165, 1.54) is 0 Å². The van der Waals surface area contributed by atoms with Gasteiger partial charge in [-0.3, -0.25) is 9.59 Å². The van der Waals surface area contributed by atoms with Gasteiger partial charge in [0.25, 0.3) is 11.7 Å². The van der Waals surface area contributed by atoms with E-state index < -0.39 is 17.7 Å². The number of fused-ring (bicyclic) bond motifs is 1. The molecule has 2 aromatic carbocycles. The Labute approximate surface area is 250 Å². The molecule has 0 aliphatic carbocycles. The Morgan fingerprint density at radius 3 is 2.50 bits per heavy atom. The van der Waals surface area contributed by atoms with E-state index in [1.54, 1.807) is 11.0 Å². The van der Waals surface area contributed by atoms with Crippen LogP contribution in [0, 0.1) is 0 Å². The van der Waals surface area contributed by atoms with Gasteiger partial charge in [0.1, 0.15) is 17.6 Å². The normalized spacial score (nSPS) is 19.3. The second-order valence-electron chi connectivity index (χ2n) is 11.0. The van der Waals surface area contributed by atoms with E-state index in [0.717, 1.165) is 56.6 Å². The first kappa shape index (κ1) is 31.4. The molecule has 228 valence electrons. The minimum absolute atomic E-state index is 0.0495. The number of carbonyl (C=O) groups excluding carboxylic acids is 2.